The van der Waals surface area contributed by atoms with Crippen molar-refractivity contribution in [1.82, 2.24) is 10.6 Å². The van der Waals surface area contributed by atoms with Gasteiger partial charge in [-0.3, -0.25) is 4.79 Å². The van der Waals surface area contributed by atoms with Crippen LogP contribution in [0, 0.1) is 0 Å². The van der Waals surface area contributed by atoms with Gasteiger partial charge in [0, 0.05) is 12.6 Å². The molecule has 3 rings (SSSR count). The maximum absolute atomic E-state index is 11.7. The SMILES string of the molecule is CNC(=O)c1ccc2c(C3CCNCC3)cccc2c1.Cl. The first kappa shape index (κ1) is 15.8. The van der Waals surface area contributed by atoms with Crippen molar-refractivity contribution in [3.63, 3.8) is 0 Å². The van der Waals surface area contributed by atoms with Gasteiger partial charge in [0.2, 0.25) is 0 Å². The zero-order valence-electron chi connectivity index (χ0n) is 12.2. The lowest BCUT2D eigenvalue weighted by Gasteiger charge is -2.24. The second-order valence-corrected chi connectivity index (χ2v) is 5.39. The number of hydrogen-bond acceptors (Lipinski definition) is 2. The van der Waals surface area contributed by atoms with Crippen molar-refractivity contribution >= 4 is 29.1 Å². The van der Waals surface area contributed by atoms with Gasteiger partial charge in [0.15, 0.2) is 0 Å². The lowest BCUT2D eigenvalue weighted by atomic mass is 9.86. The molecule has 0 saturated carbocycles. The maximum atomic E-state index is 11.7. The molecule has 0 aromatic heterocycles. The summed E-state index contributed by atoms with van der Waals surface area (Å²) in [5, 5.41) is 8.53. The molecule has 0 atom stereocenters. The summed E-state index contributed by atoms with van der Waals surface area (Å²) in [5.41, 5.74) is 2.15. The molecular weight excluding hydrogens is 284 g/mol. The Labute approximate surface area is 131 Å². The molecule has 4 heteroatoms. The summed E-state index contributed by atoms with van der Waals surface area (Å²) < 4.78 is 0. The lowest BCUT2D eigenvalue weighted by Crippen LogP contribution is -2.26. The average Bonchev–Trinajstić information content (AvgIpc) is 2.53. The third kappa shape index (κ3) is 3.20. The molecule has 1 fully saturated rings. The molecule has 0 unspecified atom stereocenters. The van der Waals surface area contributed by atoms with E-state index >= 15 is 0 Å². The normalized spacial score (nSPS) is 15.5. The van der Waals surface area contributed by atoms with E-state index in [9.17, 15) is 4.79 Å². The summed E-state index contributed by atoms with van der Waals surface area (Å²) >= 11 is 0. The maximum Gasteiger partial charge on any atom is 0.251 e. The van der Waals surface area contributed by atoms with Crippen molar-refractivity contribution in [3.05, 3.63) is 47.5 Å². The fourth-order valence-corrected chi connectivity index (χ4v) is 3.08. The molecule has 2 aromatic carbocycles. The standard InChI is InChI=1S/C17H20N2O.ClH/c1-18-17(20)14-5-6-16-13(11-14)3-2-4-15(16)12-7-9-19-10-8-12;/h2-6,11-12,19H,7-10H2,1H3,(H,18,20);1H. The van der Waals surface area contributed by atoms with E-state index in [4.69, 9.17) is 0 Å². The Kier molecular flexibility index (Phi) is 5.21. The molecule has 112 valence electrons. The summed E-state index contributed by atoms with van der Waals surface area (Å²) in [7, 11) is 1.66. The van der Waals surface area contributed by atoms with Crippen LogP contribution in [0.15, 0.2) is 36.4 Å². The number of piperidine rings is 1. The van der Waals surface area contributed by atoms with Crippen LogP contribution in [0.5, 0.6) is 0 Å². The molecule has 1 saturated heterocycles. The van der Waals surface area contributed by atoms with Crippen molar-refractivity contribution in [2.24, 2.45) is 0 Å². The molecule has 0 bridgehead atoms. The summed E-state index contributed by atoms with van der Waals surface area (Å²) in [6.07, 6.45) is 2.38. The van der Waals surface area contributed by atoms with E-state index in [1.807, 2.05) is 12.1 Å². The average molecular weight is 305 g/mol. The highest BCUT2D eigenvalue weighted by Gasteiger charge is 2.17. The number of halogens is 1. The number of carbonyl (C=O) groups excluding carboxylic acids is 1. The summed E-state index contributed by atoms with van der Waals surface area (Å²) in [4.78, 5) is 11.7. The molecule has 1 heterocycles. The van der Waals surface area contributed by atoms with Crippen LogP contribution < -0.4 is 10.6 Å². The monoisotopic (exact) mass is 304 g/mol. The minimum atomic E-state index is -0.0285. The van der Waals surface area contributed by atoms with E-state index in [1.165, 1.54) is 23.8 Å². The van der Waals surface area contributed by atoms with Gasteiger partial charge in [-0.2, -0.15) is 0 Å². The van der Waals surface area contributed by atoms with E-state index in [1.54, 1.807) is 7.05 Å². The predicted octanol–water partition coefficient (Wildman–Crippen LogP) is 3.09. The van der Waals surface area contributed by atoms with Crippen molar-refractivity contribution in [2.45, 2.75) is 18.8 Å². The Morgan fingerprint density at radius 2 is 1.95 bits per heavy atom. The quantitative estimate of drug-likeness (QED) is 0.895. The van der Waals surface area contributed by atoms with Gasteiger partial charge in [0.05, 0.1) is 0 Å². The number of rotatable bonds is 2. The summed E-state index contributed by atoms with van der Waals surface area (Å²) in [6, 6.07) is 12.4. The Balaban J connectivity index is 0.00000161. The molecule has 1 amide bonds. The Morgan fingerprint density at radius 3 is 2.67 bits per heavy atom. The van der Waals surface area contributed by atoms with Crippen LogP contribution in [-0.4, -0.2) is 26.0 Å². The summed E-state index contributed by atoms with van der Waals surface area (Å²) in [5.74, 6) is 0.602. The molecule has 0 aliphatic carbocycles. The minimum Gasteiger partial charge on any atom is -0.355 e. The first-order chi connectivity index (χ1) is 9.79. The van der Waals surface area contributed by atoms with Crippen LogP contribution in [0.3, 0.4) is 0 Å². The van der Waals surface area contributed by atoms with Gasteiger partial charge >= 0.3 is 0 Å². The minimum absolute atomic E-state index is 0. The second kappa shape index (κ2) is 6.92. The molecule has 1 aliphatic rings. The molecule has 0 spiro atoms. The van der Waals surface area contributed by atoms with Crippen LogP contribution in [0.1, 0.15) is 34.7 Å². The van der Waals surface area contributed by atoms with Gasteiger partial charge in [-0.05, 0) is 60.3 Å². The molecule has 2 N–H and O–H groups in total. The van der Waals surface area contributed by atoms with Crippen molar-refractivity contribution < 1.29 is 4.79 Å². The zero-order chi connectivity index (χ0) is 13.9. The lowest BCUT2D eigenvalue weighted by molar-refractivity contribution is 0.0963. The van der Waals surface area contributed by atoms with Gasteiger partial charge in [-0.25, -0.2) is 0 Å². The number of benzene rings is 2. The molecule has 3 nitrogen and oxygen atoms in total. The number of amides is 1. The highest BCUT2D eigenvalue weighted by molar-refractivity contribution is 5.99. The van der Waals surface area contributed by atoms with Gasteiger partial charge in [0.25, 0.3) is 5.91 Å². The topological polar surface area (TPSA) is 41.1 Å². The van der Waals surface area contributed by atoms with Gasteiger partial charge in [-0.15, -0.1) is 12.4 Å². The zero-order valence-corrected chi connectivity index (χ0v) is 13.0. The van der Waals surface area contributed by atoms with E-state index in [2.05, 4.69) is 34.9 Å². The molecule has 0 radical (unpaired) electrons. The van der Waals surface area contributed by atoms with Gasteiger partial charge in [-0.1, -0.05) is 24.3 Å². The first-order valence-electron chi connectivity index (χ1n) is 7.25. The molecule has 2 aromatic rings. The molecular formula is C17H21ClN2O. The Bertz CT molecular complexity index is 636. The number of hydrogen-bond donors (Lipinski definition) is 2. The van der Waals surface area contributed by atoms with Crippen molar-refractivity contribution in [1.29, 1.82) is 0 Å². The van der Waals surface area contributed by atoms with Crippen molar-refractivity contribution in [3.8, 4) is 0 Å². The Hall–Kier alpha value is -1.58. The molecule has 21 heavy (non-hydrogen) atoms. The third-order valence-electron chi connectivity index (χ3n) is 4.18. The van der Waals surface area contributed by atoms with E-state index in [0.717, 1.165) is 24.0 Å². The van der Waals surface area contributed by atoms with E-state index in [-0.39, 0.29) is 18.3 Å². The van der Waals surface area contributed by atoms with Gasteiger partial charge < -0.3 is 10.6 Å². The van der Waals surface area contributed by atoms with Crippen LogP contribution in [-0.2, 0) is 0 Å². The second-order valence-electron chi connectivity index (χ2n) is 5.39. The fourth-order valence-electron chi connectivity index (χ4n) is 3.08. The predicted molar refractivity (Wildman–Crippen MR) is 89.4 cm³/mol. The fraction of sp³-hybridized carbons (Fsp3) is 0.353. The number of fused-ring (bicyclic) bond motifs is 1. The van der Waals surface area contributed by atoms with E-state index < -0.39 is 0 Å². The number of nitrogens with one attached hydrogen (secondary N) is 2. The third-order valence-corrected chi connectivity index (χ3v) is 4.18. The van der Waals surface area contributed by atoms with Crippen molar-refractivity contribution in [2.75, 3.05) is 20.1 Å². The van der Waals surface area contributed by atoms with Crippen LogP contribution in [0.4, 0.5) is 0 Å². The van der Waals surface area contributed by atoms with E-state index in [0.29, 0.717) is 5.92 Å². The van der Waals surface area contributed by atoms with Crippen LogP contribution in [0.2, 0.25) is 0 Å². The van der Waals surface area contributed by atoms with Crippen LogP contribution >= 0.6 is 12.4 Å². The Morgan fingerprint density at radius 1 is 1.19 bits per heavy atom. The molecule has 1 aliphatic heterocycles. The summed E-state index contributed by atoms with van der Waals surface area (Å²) in [6.45, 7) is 2.19. The number of carbonyl (C=O) groups is 1. The van der Waals surface area contributed by atoms with Crippen LogP contribution in [0.25, 0.3) is 10.8 Å². The highest BCUT2D eigenvalue weighted by Crippen LogP contribution is 2.31. The largest absolute Gasteiger partial charge is 0.355 e. The highest BCUT2D eigenvalue weighted by atomic mass is 35.5. The van der Waals surface area contributed by atoms with Gasteiger partial charge in [0.1, 0.15) is 0 Å². The smallest absolute Gasteiger partial charge is 0.251 e. The first-order valence-corrected chi connectivity index (χ1v) is 7.25.